The van der Waals surface area contributed by atoms with Gasteiger partial charge in [-0.1, -0.05) is 54.6 Å². The van der Waals surface area contributed by atoms with E-state index in [0.29, 0.717) is 24.0 Å². The van der Waals surface area contributed by atoms with Crippen molar-refractivity contribution in [3.63, 3.8) is 0 Å². The Balaban J connectivity index is 2.15. The van der Waals surface area contributed by atoms with Crippen LogP contribution >= 0.6 is 0 Å². The highest BCUT2D eigenvalue weighted by Crippen LogP contribution is 2.18. The second-order valence-electron chi connectivity index (χ2n) is 4.97. The van der Waals surface area contributed by atoms with Crippen molar-refractivity contribution in [2.24, 2.45) is 0 Å². The summed E-state index contributed by atoms with van der Waals surface area (Å²) in [5, 5.41) is 8.89. The molecule has 0 fully saturated rings. The number of carbonyl (C=O) groups is 2. The van der Waals surface area contributed by atoms with E-state index in [1.165, 1.54) is 0 Å². The van der Waals surface area contributed by atoms with Gasteiger partial charge in [-0.05, 0) is 12.0 Å². The van der Waals surface area contributed by atoms with Gasteiger partial charge in [0.2, 0.25) is 0 Å². The summed E-state index contributed by atoms with van der Waals surface area (Å²) in [7, 11) is 0. The molecule has 1 aliphatic rings. The van der Waals surface area contributed by atoms with Crippen molar-refractivity contribution in [3.8, 4) is 0 Å². The Hall–Kier alpha value is -2.46. The zero-order chi connectivity index (χ0) is 15.2. The summed E-state index contributed by atoms with van der Waals surface area (Å²) >= 11 is 0. The first kappa shape index (κ1) is 14.9. The molecule has 1 aliphatic carbocycles. The van der Waals surface area contributed by atoms with Crippen LogP contribution in [0.5, 0.6) is 0 Å². The SMILES string of the molecule is [NH3+]C(CC1=CC=C(C(=O)c2ccccc2)CC=C1)C(=O)O. The van der Waals surface area contributed by atoms with Crippen LogP contribution in [0.25, 0.3) is 0 Å². The summed E-state index contributed by atoms with van der Waals surface area (Å²) in [5.41, 5.74) is 5.83. The number of benzene rings is 1. The minimum Gasteiger partial charge on any atom is -0.477 e. The van der Waals surface area contributed by atoms with Gasteiger partial charge in [-0.15, -0.1) is 0 Å². The van der Waals surface area contributed by atoms with Gasteiger partial charge in [0, 0.05) is 17.6 Å². The van der Waals surface area contributed by atoms with E-state index in [9.17, 15) is 9.59 Å². The van der Waals surface area contributed by atoms with E-state index in [1.54, 1.807) is 24.3 Å². The first-order chi connectivity index (χ1) is 10.1. The van der Waals surface area contributed by atoms with Gasteiger partial charge in [0.05, 0.1) is 0 Å². The molecule has 0 saturated heterocycles. The zero-order valence-corrected chi connectivity index (χ0v) is 11.7. The highest BCUT2D eigenvalue weighted by atomic mass is 16.4. The van der Waals surface area contributed by atoms with Crippen LogP contribution in [0.15, 0.2) is 65.8 Å². The maximum absolute atomic E-state index is 12.4. The molecule has 108 valence electrons. The van der Waals surface area contributed by atoms with Crippen LogP contribution in [0.2, 0.25) is 0 Å². The van der Waals surface area contributed by atoms with E-state index in [4.69, 9.17) is 5.11 Å². The Morgan fingerprint density at radius 1 is 1.19 bits per heavy atom. The molecule has 0 spiro atoms. The predicted molar refractivity (Wildman–Crippen MR) is 79.6 cm³/mol. The molecule has 1 aromatic carbocycles. The number of quaternary nitrogens is 1. The third kappa shape index (κ3) is 4.00. The van der Waals surface area contributed by atoms with Gasteiger partial charge in [-0.2, -0.15) is 0 Å². The lowest BCUT2D eigenvalue weighted by atomic mass is 10.0. The second kappa shape index (κ2) is 6.81. The minimum absolute atomic E-state index is 0.00200. The van der Waals surface area contributed by atoms with E-state index in [1.807, 2.05) is 30.4 Å². The van der Waals surface area contributed by atoms with Crippen molar-refractivity contribution >= 4 is 11.8 Å². The average molecular weight is 284 g/mol. The zero-order valence-electron chi connectivity index (χ0n) is 11.7. The number of hydrogen-bond acceptors (Lipinski definition) is 2. The fourth-order valence-corrected chi connectivity index (χ4v) is 2.12. The monoisotopic (exact) mass is 284 g/mol. The number of carboxylic acids is 1. The fraction of sp³-hybridized carbons (Fsp3) is 0.176. The lowest BCUT2D eigenvalue weighted by Gasteiger charge is -2.03. The maximum Gasteiger partial charge on any atom is 0.362 e. The normalized spacial score (nSPS) is 15.7. The third-order valence-corrected chi connectivity index (χ3v) is 3.33. The van der Waals surface area contributed by atoms with Gasteiger partial charge in [0.15, 0.2) is 11.8 Å². The summed E-state index contributed by atoms with van der Waals surface area (Å²) < 4.78 is 0. The highest BCUT2D eigenvalue weighted by Gasteiger charge is 2.17. The number of rotatable bonds is 5. The van der Waals surface area contributed by atoms with Crippen LogP contribution in [0.4, 0.5) is 0 Å². The Bertz CT molecular complexity index is 627. The van der Waals surface area contributed by atoms with Crippen LogP contribution in [-0.4, -0.2) is 22.9 Å². The largest absolute Gasteiger partial charge is 0.477 e. The van der Waals surface area contributed by atoms with Crippen molar-refractivity contribution in [3.05, 3.63) is 71.3 Å². The molecule has 0 bridgehead atoms. The van der Waals surface area contributed by atoms with Crippen molar-refractivity contribution in [1.29, 1.82) is 0 Å². The first-order valence-corrected chi connectivity index (χ1v) is 6.80. The lowest BCUT2D eigenvalue weighted by molar-refractivity contribution is -0.406. The van der Waals surface area contributed by atoms with Gasteiger partial charge in [-0.25, -0.2) is 4.79 Å². The molecule has 1 aromatic rings. The van der Waals surface area contributed by atoms with E-state index in [0.717, 1.165) is 5.57 Å². The summed E-state index contributed by atoms with van der Waals surface area (Å²) in [6.45, 7) is 0. The van der Waals surface area contributed by atoms with Crippen molar-refractivity contribution in [1.82, 2.24) is 0 Å². The molecule has 21 heavy (non-hydrogen) atoms. The number of carboxylic acid groups (broad SMARTS) is 1. The third-order valence-electron chi connectivity index (χ3n) is 3.33. The van der Waals surface area contributed by atoms with Crippen LogP contribution in [-0.2, 0) is 4.79 Å². The Morgan fingerprint density at radius 3 is 2.57 bits per heavy atom. The molecular weight excluding hydrogens is 266 g/mol. The smallest absolute Gasteiger partial charge is 0.362 e. The minimum atomic E-state index is -0.918. The molecule has 0 amide bonds. The predicted octanol–water partition coefficient (Wildman–Crippen LogP) is 1.77. The molecular formula is C17H18NO3+. The summed E-state index contributed by atoms with van der Waals surface area (Å²) in [5.74, 6) is -0.916. The molecule has 4 heteroatoms. The Morgan fingerprint density at radius 2 is 1.90 bits per heavy atom. The van der Waals surface area contributed by atoms with Gasteiger partial charge in [0.1, 0.15) is 0 Å². The molecule has 0 aliphatic heterocycles. The van der Waals surface area contributed by atoms with Crippen LogP contribution in [0.3, 0.4) is 0 Å². The fourth-order valence-electron chi connectivity index (χ4n) is 2.12. The number of carbonyl (C=O) groups excluding carboxylic acids is 1. The van der Waals surface area contributed by atoms with Crippen LogP contribution in [0.1, 0.15) is 23.2 Å². The van der Waals surface area contributed by atoms with Crippen molar-refractivity contribution in [2.75, 3.05) is 0 Å². The molecule has 4 N–H and O–H groups in total. The second-order valence-corrected chi connectivity index (χ2v) is 4.97. The van der Waals surface area contributed by atoms with Crippen molar-refractivity contribution in [2.45, 2.75) is 18.9 Å². The number of Topliss-reactive ketones (excluding diaryl/α,β-unsaturated/α-hetero) is 1. The average Bonchev–Trinajstić information content (AvgIpc) is 2.73. The van der Waals surface area contributed by atoms with Crippen molar-refractivity contribution < 1.29 is 20.4 Å². The molecule has 0 saturated carbocycles. The molecule has 1 unspecified atom stereocenters. The molecule has 4 nitrogen and oxygen atoms in total. The van der Waals surface area contributed by atoms with E-state index in [-0.39, 0.29) is 5.78 Å². The van der Waals surface area contributed by atoms with E-state index >= 15 is 0 Å². The standard InChI is InChI=1S/C17H17NO3/c18-15(17(20)21)11-12-5-4-8-14(10-9-12)16(19)13-6-2-1-3-7-13/h1-7,9-10,15H,8,11,18H2,(H,20,21)/p+1. The summed E-state index contributed by atoms with van der Waals surface area (Å²) in [4.78, 5) is 23.2. The lowest BCUT2D eigenvalue weighted by Crippen LogP contribution is -2.64. The van der Waals surface area contributed by atoms with E-state index < -0.39 is 12.0 Å². The first-order valence-electron chi connectivity index (χ1n) is 6.80. The maximum atomic E-state index is 12.4. The molecule has 0 aromatic heterocycles. The number of aliphatic carboxylic acids is 1. The highest BCUT2D eigenvalue weighted by molar-refractivity contribution is 6.09. The number of allylic oxidation sites excluding steroid dienone is 5. The van der Waals surface area contributed by atoms with Gasteiger partial charge in [0.25, 0.3) is 0 Å². The molecule has 0 radical (unpaired) electrons. The van der Waals surface area contributed by atoms with Crippen LogP contribution in [0, 0.1) is 0 Å². The number of hydrogen-bond donors (Lipinski definition) is 2. The van der Waals surface area contributed by atoms with Crippen LogP contribution < -0.4 is 5.73 Å². The topological polar surface area (TPSA) is 82.0 Å². The molecule has 2 rings (SSSR count). The summed E-state index contributed by atoms with van der Waals surface area (Å²) in [6, 6.07) is 8.44. The van der Waals surface area contributed by atoms with Gasteiger partial charge in [-0.3, -0.25) is 4.79 Å². The van der Waals surface area contributed by atoms with Gasteiger partial charge < -0.3 is 10.8 Å². The summed E-state index contributed by atoms with van der Waals surface area (Å²) in [6.07, 6.45) is 8.24. The molecule has 0 heterocycles. The molecule has 1 atom stereocenters. The number of ketones is 1. The van der Waals surface area contributed by atoms with Gasteiger partial charge >= 0.3 is 5.97 Å². The Labute approximate surface area is 123 Å². The van der Waals surface area contributed by atoms with E-state index in [2.05, 4.69) is 5.73 Å². The quantitative estimate of drug-likeness (QED) is 0.808. The Kier molecular flexibility index (Phi) is 4.85.